The molecule has 0 atom stereocenters. The lowest BCUT2D eigenvalue weighted by Crippen LogP contribution is -2.38. The van der Waals surface area contributed by atoms with Gasteiger partial charge in [-0.25, -0.2) is 14.5 Å². The highest BCUT2D eigenvalue weighted by atomic mass is 16.5. The molecule has 0 spiro atoms. The van der Waals surface area contributed by atoms with Crippen LogP contribution in [0.1, 0.15) is 23.6 Å². The van der Waals surface area contributed by atoms with Gasteiger partial charge in [0.1, 0.15) is 12.2 Å². The molecule has 1 fully saturated rings. The standard InChI is InChI=1S/C26H27N3O7/c1-4-6-18-11-17(13-21(35-5-2)24(18)36-15-23(31)32)12-20-25(33)29(26(34)28-20)14-22(30)27-19-9-7-16(3)8-10-19/h4,7-13H,1,5-6,14-15H2,2-3H3,(H,27,30)(H,28,34)(H,31,32)/b20-12+. The smallest absolute Gasteiger partial charge is 0.341 e. The van der Waals surface area contributed by atoms with Gasteiger partial charge in [0.05, 0.1) is 6.61 Å². The Morgan fingerprint density at radius 2 is 1.89 bits per heavy atom. The molecule has 2 aromatic carbocycles. The summed E-state index contributed by atoms with van der Waals surface area (Å²) in [6.45, 7) is 6.67. The number of hydrogen-bond donors (Lipinski definition) is 3. The van der Waals surface area contributed by atoms with Crippen molar-refractivity contribution in [3.8, 4) is 11.5 Å². The van der Waals surface area contributed by atoms with E-state index in [1.807, 2.05) is 19.1 Å². The lowest BCUT2D eigenvalue weighted by Gasteiger charge is -2.16. The molecule has 0 saturated carbocycles. The highest BCUT2D eigenvalue weighted by molar-refractivity contribution is 6.16. The Morgan fingerprint density at radius 1 is 1.17 bits per heavy atom. The number of carbonyl (C=O) groups is 4. The third-order valence-corrected chi connectivity index (χ3v) is 5.07. The minimum Gasteiger partial charge on any atom is -0.490 e. The highest BCUT2D eigenvalue weighted by Crippen LogP contribution is 2.35. The van der Waals surface area contributed by atoms with Crippen LogP contribution in [0.2, 0.25) is 0 Å². The number of aryl methyl sites for hydroxylation is 1. The minimum atomic E-state index is -1.14. The fraction of sp³-hybridized carbons (Fsp3) is 0.231. The van der Waals surface area contributed by atoms with E-state index < -0.39 is 37.0 Å². The number of anilines is 1. The molecule has 188 valence electrons. The molecule has 2 aromatic rings. The fourth-order valence-corrected chi connectivity index (χ4v) is 3.50. The number of amides is 4. The van der Waals surface area contributed by atoms with E-state index in [2.05, 4.69) is 17.2 Å². The van der Waals surface area contributed by atoms with Gasteiger partial charge < -0.3 is 25.2 Å². The van der Waals surface area contributed by atoms with E-state index in [1.165, 1.54) is 6.08 Å². The number of rotatable bonds is 11. The van der Waals surface area contributed by atoms with Crippen LogP contribution in [0, 0.1) is 6.92 Å². The van der Waals surface area contributed by atoms with Crippen LogP contribution in [-0.4, -0.2) is 53.6 Å². The molecule has 1 heterocycles. The maximum atomic E-state index is 12.9. The Kier molecular flexibility index (Phi) is 8.45. The number of urea groups is 1. The highest BCUT2D eigenvalue weighted by Gasteiger charge is 2.35. The monoisotopic (exact) mass is 493 g/mol. The van der Waals surface area contributed by atoms with Crippen molar-refractivity contribution in [3.63, 3.8) is 0 Å². The third kappa shape index (κ3) is 6.50. The fourth-order valence-electron chi connectivity index (χ4n) is 3.50. The van der Waals surface area contributed by atoms with Crippen LogP contribution < -0.4 is 20.1 Å². The number of aliphatic carboxylic acids is 1. The maximum Gasteiger partial charge on any atom is 0.341 e. The number of imide groups is 1. The number of nitrogens with zero attached hydrogens (tertiary/aromatic N) is 1. The Hall–Kier alpha value is -4.60. The van der Waals surface area contributed by atoms with Gasteiger partial charge >= 0.3 is 12.0 Å². The molecule has 10 heteroatoms. The number of carboxylic acids is 1. The maximum absolute atomic E-state index is 12.9. The van der Waals surface area contributed by atoms with Crippen LogP contribution in [-0.2, 0) is 20.8 Å². The van der Waals surface area contributed by atoms with E-state index in [0.29, 0.717) is 23.2 Å². The van der Waals surface area contributed by atoms with Crippen LogP contribution in [0.3, 0.4) is 0 Å². The summed E-state index contributed by atoms with van der Waals surface area (Å²) in [6, 6.07) is 9.66. The summed E-state index contributed by atoms with van der Waals surface area (Å²) < 4.78 is 11.1. The normalized spacial score (nSPS) is 13.9. The van der Waals surface area contributed by atoms with Gasteiger partial charge in [-0.1, -0.05) is 23.8 Å². The molecule has 36 heavy (non-hydrogen) atoms. The van der Waals surface area contributed by atoms with E-state index in [1.54, 1.807) is 37.3 Å². The molecule has 0 aromatic heterocycles. The molecule has 1 aliphatic heterocycles. The second-order valence-electron chi connectivity index (χ2n) is 7.91. The quantitative estimate of drug-likeness (QED) is 0.249. The minimum absolute atomic E-state index is 0.0191. The van der Waals surface area contributed by atoms with Crippen molar-refractivity contribution in [2.45, 2.75) is 20.3 Å². The summed E-state index contributed by atoms with van der Waals surface area (Å²) in [5.41, 5.74) is 2.66. The van der Waals surface area contributed by atoms with Crippen molar-refractivity contribution in [1.82, 2.24) is 10.2 Å². The Bertz CT molecular complexity index is 1220. The van der Waals surface area contributed by atoms with E-state index in [9.17, 15) is 19.2 Å². The average molecular weight is 494 g/mol. The lowest BCUT2D eigenvalue weighted by atomic mass is 10.0. The second kappa shape index (κ2) is 11.7. The summed E-state index contributed by atoms with van der Waals surface area (Å²) in [5, 5.41) is 14.1. The second-order valence-corrected chi connectivity index (χ2v) is 7.91. The summed E-state index contributed by atoms with van der Waals surface area (Å²) in [6.07, 6.45) is 3.42. The van der Waals surface area contributed by atoms with Gasteiger partial charge in [0.25, 0.3) is 5.91 Å². The largest absolute Gasteiger partial charge is 0.490 e. The Balaban J connectivity index is 1.82. The van der Waals surface area contributed by atoms with Gasteiger partial charge in [0.15, 0.2) is 18.1 Å². The van der Waals surface area contributed by atoms with E-state index in [0.717, 1.165) is 10.5 Å². The van der Waals surface area contributed by atoms with Crippen molar-refractivity contribution in [1.29, 1.82) is 0 Å². The van der Waals surface area contributed by atoms with Gasteiger partial charge in [-0.05, 0) is 56.2 Å². The number of benzene rings is 2. The summed E-state index contributed by atoms with van der Waals surface area (Å²) >= 11 is 0. The van der Waals surface area contributed by atoms with Gasteiger partial charge in [-0.2, -0.15) is 0 Å². The number of carbonyl (C=O) groups excluding carboxylic acids is 3. The van der Waals surface area contributed by atoms with Crippen LogP contribution in [0.4, 0.5) is 10.5 Å². The molecule has 1 aliphatic rings. The zero-order valence-corrected chi connectivity index (χ0v) is 20.0. The molecular weight excluding hydrogens is 466 g/mol. The molecular formula is C26H27N3O7. The predicted octanol–water partition coefficient (Wildman–Crippen LogP) is 3.12. The average Bonchev–Trinajstić information content (AvgIpc) is 3.07. The third-order valence-electron chi connectivity index (χ3n) is 5.07. The number of allylic oxidation sites excluding steroid dienone is 1. The number of hydrogen-bond acceptors (Lipinski definition) is 6. The summed E-state index contributed by atoms with van der Waals surface area (Å²) in [5.74, 6) is -1.77. The van der Waals surface area contributed by atoms with E-state index in [-0.39, 0.29) is 23.8 Å². The first-order valence-corrected chi connectivity index (χ1v) is 11.2. The summed E-state index contributed by atoms with van der Waals surface area (Å²) in [4.78, 5) is 49.5. The zero-order chi connectivity index (χ0) is 26.2. The van der Waals surface area contributed by atoms with Crippen molar-refractivity contribution in [3.05, 3.63) is 71.4 Å². The lowest BCUT2D eigenvalue weighted by molar-refractivity contribution is -0.139. The Labute approximate surface area is 208 Å². The van der Waals surface area contributed by atoms with Crippen LogP contribution in [0.5, 0.6) is 11.5 Å². The first kappa shape index (κ1) is 26.0. The molecule has 1 saturated heterocycles. The summed E-state index contributed by atoms with van der Waals surface area (Å²) in [7, 11) is 0. The van der Waals surface area contributed by atoms with Gasteiger partial charge in [-0.3, -0.25) is 9.59 Å². The van der Waals surface area contributed by atoms with Crippen LogP contribution >= 0.6 is 0 Å². The molecule has 4 amide bonds. The number of nitrogens with one attached hydrogen (secondary N) is 2. The van der Waals surface area contributed by atoms with Gasteiger partial charge in [0, 0.05) is 11.3 Å². The van der Waals surface area contributed by atoms with Crippen molar-refractivity contribution >= 4 is 35.6 Å². The van der Waals surface area contributed by atoms with Crippen molar-refractivity contribution in [2.75, 3.05) is 25.1 Å². The van der Waals surface area contributed by atoms with E-state index in [4.69, 9.17) is 14.6 Å². The van der Waals surface area contributed by atoms with Gasteiger partial charge in [-0.15, -0.1) is 6.58 Å². The number of ether oxygens (including phenoxy) is 2. The molecule has 3 N–H and O–H groups in total. The molecule has 0 unspecified atom stereocenters. The van der Waals surface area contributed by atoms with Crippen LogP contribution in [0.25, 0.3) is 6.08 Å². The SMILES string of the molecule is C=CCc1cc(/C=C2/NC(=O)N(CC(=O)Nc3ccc(C)cc3)C2=O)cc(OCC)c1OCC(=O)O. The topological polar surface area (TPSA) is 134 Å². The first-order valence-electron chi connectivity index (χ1n) is 11.2. The molecule has 10 nitrogen and oxygen atoms in total. The number of carboxylic acid groups (broad SMARTS) is 1. The predicted molar refractivity (Wildman–Crippen MR) is 133 cm³/mol. The Morgan fingerprint density at radius 3 is 2.53 bits per heavy atom. The zero-order valence-electron chi connectivity index (χ0n) is 20.0. The molecule has 0 radical (unpaired) electrons. The van der Waals surface area contributed by atoms with Crippen LogP contribution in [0.15, 0.2) is 54.8 Å². The molecule has 3 rings (SSSR count). The van der Waals surface area contributed by atoms with Gasteiger partial charge in [0.2, 0.25) is 5.91 Å². The van der Waals surface area contributed by atoms with Crippen molar-refractivity contribution < 1.29 is 33.8 Å². The van der Waals surface area contributed by atoms with E-state index >= 15 is 0 Å². The molecule has 0 aliphatic carbocycles. The van der Waals surface area contributed by atoms with Crippen molar-refractivity contribution in [2.24, 2.45) is 0 Å². The first-order chi connectivity index (χ1) is 17.2. The molecule has 0 bridgehead atoms.